The van der Waals surface area contributed by atoms with Crippen LogP contribution in [0.5, 0.6) is 0 Å². The highest BCUT2D eigenvalue weighted by Gasteiger charge is 2.09. The molecule has 3 amide bonds. The minimum atomic E-state index is -0.464. The first-order chi connectivity index (χ1) is 13.4. The molecule has 2 heterocycles. The van der Waals surface area contributed by atoms with Crippen LogP contribution in [0.15, 0.2) is 42.7 Å². The molecule has 28 heavy (non-hydrogen) atoms. The maximum absolute atomic E-state index is 12.3. The zero-order valence-electron chi connectivity index (χ0n) is 15.9. The minimum absolute atomic E-state index is 0.0879. The van der Waals surface area contributed by atoms with Crippen molar-refractivity contribution in [1.29, 1.82) is 0 Å². The van der Waals surface area contributed by atoms with E-state index < -0.39 is 6.03 Å². The van der Waals surface area contributed by atoms with Crippen molar-refractivity contribution in [2.75, 3.05) is 36.6 Å². The Hall–Kier alpha value is -3.75. The van der Waals surface area contributed by atoms with Crippen molar-refractivity contribution in [3.8, 4) is 0 Å². The first kappa shape index (κ1) is 19.0. The van der Waals surface area contributed by atoms with Gasteiger partial charge in [0.25, 0.3) is 0 Å². The molecular weight excluding hydrogens is 358 g/mol. The number of anilines is 3. The Labute approximate surface area is 162 Å². The zero-order chi connectivity index (χ0) is 20.1. The Balaban J connectivity index is 1.66. The van der Waals surface area contributed by atoms with Gasteiger partial charge in [-0.25, -0.2) is 9.78 Å². The molecular formula is C19H21N7O2. The number of carbonyl (C=O) groups is 2. The van der Waals surface area contributed by atoms with Gasteiger partial charge in [0.05, 0.1) is 6.54 Å². The molecule has 1 aromatic carbocycles. The fourth-order valence-electron chi connectivity index (χ4n) is 2.46. The molecule has 0 radical (unpaired) electrons. The molecule has 3 aromatic rings. The molecule has 2 aromatic heterocycles. The number of aryl methyl sites for hydroxylation is 1. The number of aromatic nitrogens is 3. The van der Waals surface area contributed by atoms with Crippen LogP contribution in [0.25, 0.3) is 10.8 Å². The summed E-state index contributed by atoms with van der Waals surface area (Å²) >= 11 is 0. The zero-order valence-corrected chi connectivity index (χ0v) is 15.9. The second-order valence-electron chi connectivity index (χ2n) is 6.38. The average Bonchev–Trinajstić information content (AvgIpc) is 2.65. The third-order valence-corrected chi connectivity index (χ3v) is 3.90. The Morgan fingerprint density at radius 3 is 2.64 bits per heavy atom. The number of hydrogen-bond donors (Lipinski definition) is 3. The standard InChI is InChI=1S/C19H21N7O2/c1-12-8-16(21-11-17(27)26(2)3)24-18(22-12)25-19(28)23-15-5-4-14-10-20-7-6-13(14)9-15/h4-10H,11H2,1-3H3,(H3,21,22,23,24,25,28). The molecule has 0 aliphatic carbocycles. The van der Waals surface area contributed by atoms with Crippen molar-refractivity contribution in [1.82, 2.24) is 19.9 Å². The SMILES string of the molecule is Cc1cc(NCC(=O)N(C)C)nc(NC(=O)Nc2ccc3cnccc3c2)n1. The molecule has 0 bridgehead atoms. The molecule has 144 valence electrons. The third kappa shape index (κ3) is 4.91. The van der Waals surface area contributed by atoms with Gasteiger partial charge in [0.1, 0.15) is 5.82 Å². The van der Waals surface area contributed by atoms with Gasteiger partial charge in [0.15, 0.2) is 0 Å². The van der Waals surface area contributed by atoms with Gasteiger partial charge >= 0.3 is 6.03 Å². The van der Waals surface area contributed by atoms with Crippen molar-refractivity contribution in [3.05, 3.63) is 48.4 Å². The molecule has 0 aliphatic heterocycles. The number of fused-ring (bicyclic) bond motifs is 1. The molecule has 0 fully saturated rings. The fraction of sp³-hybridized carbons (Fsp3) is 0.211. The number of benzene rings is 1. The highest BCUT2D eigenvalue weighted by Crippen LogP contribution is 2.18. The smallest absolute Gasteiger partial charge is 0.326 e. The number of likely N-dealkylation sites (N-methyl/N-ethyl adjacent to an activating group) is 1. The largest absolute Gasteiger partial charge is 0.361 e. The van der Waals surface area contributed by atoms with Crippen molar-refractivity contribution >= 4 is 40.2 Å². The van der Waals surface area contributed by atoms with E-state index >= 15 is 0 Å². The summed E-state index contributed by atoms with van der Waals surface area (Å²) in [6.07, 6.45) is 3.46. The predicted octanol–water partition coefficient (Wildman–Crippen LogP) is 2.48. The van der Waals surface area contributed by atoms with Gasteiger partial charge < -0.3 is 15.5 Å². The van der Waals surface area contributed by atoms with E-state index in [-0.39, 0.29) is 18.4 Å². The van der Waals surface area contributed by atoms with Crippen LogP contribution in [0.4, 0.5) is 22.2 Å². The molecule has 0 saturated heterocycles. The first-order valence-electron chi connectivity index (χ1n) is 8.62. The lowest BCUT2D eigenvalue weighted by Crippen LogP contribution is -2.29. The summed E-state index contributed by atoms with van der Waals surface area (Å²) in [5.74, 6) is 0.508. The van der Waals surface area contributed by atoms with Gasteiger partial charge in [0.2, 0.25) is 11.9 Å². The molecule has 0 aliphatic rings. The van der Waals surface area contributed by atoms with Gasteiger partial charge in [0, 0.05) is 49.3 Å². The van der Waals surface area contributed by atoms with Crippen LogP contribution in [-0.4, -0.2) is 52.4 Å². The van der Waals surface area contributed by atoms with Crippen LogP contribution in [0.2, 0.25) is 0 Å². The summed E-state index contributed by atoms with van der Waals surface area (Å²) in [5.41, 5.74) is 1.29. The molecule has 0 atom stereocenters. The summed E-state index contributed by atoms with van der Waals surface area (Å²) in [7, 11) is 3.35. The summed E-state index contributed by atoms with van der Waals surface area (Å²) in [6.45, 7) is 1.88. The van der Waals surface area contributed by atoms with E-state index in [0.717, 1.165) is 10.8 Å². The summed E-state index contributed by atoms with van der Waals surface area (Å²) in [6, 6.07) is 8.63. The highest BCUT2D eigenvalue weighted by atomic mass is 16.2. The molecule has 9 nitrogen and oxygen atoms in total. The molecule has 0 saturated carbocycles. The van der Waals surface area contributed by atoms with E-state index in [1.54, 1.807) is 45.5 Å². The van der Waals surface area contributed by atoms with Crippen molar-refractivity contribution in [2.24, 2.45) is 0 Å². The summed E-state index contributed by atoms with van der Waals surface area (Å²) < 4.78 is 0. The Bertz CT molecular complexity index is 1020. The van der Waals surface area contributed by atoms with Crippen molar-refractivity contribution in [2.45, 2.75) is 6.92 Å². The van der Waals surface area contributed by atoms with E-state index in [9.17, 15) is 9.59 Å². The number of pyridine rings is 1. The van der Waals surface area contributed by atoms with Crippen molar-refractivity contribution in [3.63, 3.8) is 0 Å². The van der Waals surface area contributed by atoms with Gasteiger partial charge in [-0.2, -0.15) is 4.98 Å². The third-order valence-electron chi connectivity index (χ3n) is 3.90. The lowest BCUT2D eigenvalue weighted by atomic mass is 10.1. The number of amides is 3. The number of nitrogens with one attached hydrogen (secondary N) is 3. The molecule has 3 rings (SSSR count). The normalized spacial score (nSPS) is 10.4. The number of hydrogen-bond acceptors (Lipinski definition) is 6. The predicted molar refractivity (Wildman–Crippen MR) is 108 cm³/mol. The quantitative estimate of drug-likeness (QED) is 0.628. The number of carbonyl (C=O) groups excluding carboxylic acids is 2. The second-order valence-corrected chi connectivity index (χ2v) is 6.38. The maximum Gasteiger partial charge on any atom is 0.326 e. The molecule has 3 N–H and O–H groups in total. The summed E-state index contributed by atoms with van der Waals surface area (Å²) in [4.78, 5) is 38.0. The molecule has 0 unspecified atom stereocenters. The Morgan fingerprint density at radius 1 is 1.04 bits per heavy atom. The van der Waals surface area contributed by atoms with E-state index in [4.69, 9.17) is 0 Å². The number of nitrogens with zero attached hydrogens (tertiary/aromatic N) is 4. The lowest BCUT2D eigenvalue weighted by Gasteiger charge is -2.12. The fourth-order valence-corrected chi connectivity index (χ4v) is 2.46. The minimum Gasteiger partial charge on any atom is -0.361 e. The lowest BCUT2D eigenvalue weighted by molar-refractivity contribution is -0.126. The van der Waals surface area contributed by atoms with Gasteiger partial charge in [-0.1, -0.05) is 6.07 Å². The van der Waals surface area contributed by atoms with E-state index in [2.05, 4.69) is 30.9 Å². The highest BCUT2D eigenvalue weighted by molar-refractivity contribution is 6.00. The van der Waals surface area contributed by atoms with E-state index in [1.165, 1.54) is 4.90 Å². The van der Waals surface area contributed by atoms with Gasteiger partial charge in [-0.05, 0) is 30.5 Å². The van der Waals surface area contributed by atoms with E-state index in [0.29, 0.717) is 17.2 Å². The van der Waals surface area contributed by atoms with Gasteiger partial charge in [-0.15, -0.1) is 0 Å². The first-order valence-corrected chi connectivity index (χ1v) is 8.62. The monoisotopic (exact) mass is 379 g/mol. The molecule has 9 heteroatoms. The maximum atomic E-state index is 12.3. The van der Waals surface area contributed by atoms with E-state index in [1.807, 2.05) is 18.2 Å². The van der Waals surface area contributed by atoms with Crippen LogP contribution >= 0.6 is 0 Å². The topological polar surface area (TPSA) is 112 Å². The van der Waals surface area contributed by atoms with Crippen molar-refractivity contribution < 1.29 is 9.59 Å². The number of urea groups is 1. The number of rotatable bonds is 5. The molecule has 0 spiro atoms. The average molecular weight is 379 g/mol. The van der Waals surface area contributed by atoms with Crippen LogP contribution in [0.1, 0.15) is 5.69 Å². The Morgan fingerprint density at radius 2 is 1.86 bits per heavy atom. The van der Waals surface area contributed by atoms with Gasteiger partial charge in [-0.3, -0.25) is 15.1 Å². The second kappa shape index (κ2) is 8.30. The van der Waals surface area contributed by atoms with Crippen LogP contribution in [0, 0.1) is 6.92 Å². The van der Waals surface area contributed by atoms with Crippen LogP contribution in [0.3, 0.4) is 0 Å². The van der Waals surface area contributed by atoms with Crippen LogP contribution < -0.4 is 16.0 Å². The Kier molecular flexibility index (Phi) is 5.64. The summed E-state index contributed by atoms with van der Waals surface area (Å²) in [5, 5.41) is 10.2. The van der Waals surface area contributed by atoms with Crippen LogP contribution in [-0.2, 0) is 4.79 Å².